The molecule has 0 aliphatic carbocycles. The Kier molecular flexibility index (Phi) is 5.27. The highest BCUT2D eigenvalue weighted by atomic mass is 32.1. The van der Waals surface area contributed by atoms with E-state index in [9.17, 15) is 0 Å². The van der Waals surface area contributed by atoms with Crippen LogP contribution in [-0.2, 0) is 13.0 Å². The maximum absolute atomic E-state index is 3.72. The molecule has 0 radical (unpaired) electrons. The number of nitrogens with one attached hydrogen (secondary N) is 1. The Labute approximate surface area is 128 Å². The molecule has 2 unspecified atom stereocenters. The zero-order chi connectivity index (χ0) is 14.8. The average Bonchev–Trinajstić information content (AvgIpc) is 2.85. The minimum absolute atomic E-state index is 0.231. The smallest absolute Gasteiger partial charge is 0.0332 e. The molecule has 0 saturated carbocycles. The predicted molar refractivity (Wildman–Crippen MR) is 89.4 cm³/mol. The second-order valence-corrected chi connectivity index (χ2v) is 8.10. The van der Waals surface area contributed by atoms with Crippen LogP contribution in [0.4, 0.5) is 0 Å². The molecule has 1 aliphatic heterocycles. The first-order valence-electron chi connectivity index (χ1n) is 8.02. The summed E-state index contributed by atoms with van der Waals surface area (Å²) in [7, 11) is 0. The Morgan fingerprint density at radius 3 is 2.65 bits per heavy atom. The lowest BCUT2D eigenvalue weighted by atomic mass is 9.91. The first-order chi connectivity index (χ1) is 9.45. The molecule has 0 aromatic carbocycles. The number of rotatable bonds is 5. The van der Waals surface area contributed by atoms with Crippen molar-refractivity contribution < 1.29 is 0 Å². The van der Waals surface area contributed by atoms with Gasteiger partial charge >= 0.3 is 0 Å². The van der Waals surface area contributed by atoms with Crippen molar-refractivity contribution in [1.82, 2.24) is 10.2 Å². The third-order valence-electron chi connectivity index (χ3n) is 4.58. The molecule has 0 spiro atoms. The van der Waals surface area contributed by atoms with Gasteiger partial charge in [-0.3, -0.25) is 4.90 Å². The number of aryl methyl sites for hydroxylation is 1. The van der Waals surface area contributed by atoms with Crippen molar-refractivity contribution in [2.75, 3.05) is 13.1 Å². The van der Waals surface area contributed by atoms with E-state index in [0.29, 0.717) is 6.04 Å². The monoisotopic (exact) mass is 294 g/mol. The molecule has 3 heteroatoms. The molecule has 0 bridgehead atoms. The quantitative estimate of drug-likeness (QED) is 0.886. The van der Waals surface area contributed by atoms with Crippen molar-refractivity contribution in [3.05, 3.63) is 21.9 Å². The van der Waals surface area contributed by atoms with E-state index >= 15 is 0 Å². The Balaban J connectivity index is 2.10. The zero-order valence-corrected chi connectivity index (χ0v) is 14.5. The van der Waals surface area contributed by atoms with Crippen molar-refractivity contribution in [1.29, 1.82) is 0 Å². The molecule has 1 N–H and O–H groups in total. The highest BCUT2D eigenvalue weighted by molar-refractivity contribution is 7.11. The van der Waals surface area contributed by atoms with Crippen LogP contribution in [0, 0.1) is 5.92 Å². The largest absolute Gasteiger partial charge is 0.309 e. The summed E-state index contributed by atoms with van der Waals surface area (Å²) in [5.74, 6) is 0.754. The molecule has 114 valence electrons. The van der Waals surface area contributed by atoms with Gasteiger partial charge in [-0.2, -0.15) is 0 Å². The molecule has 2 atom stereocenters. The van der Waals surface area contributed by atoms with E-state index in [-0.39, 0.29) is 5.54 Å². The van der Waals surface area contributed by atoms with E-state index in [1.54, 1.807) is 0 Å². The van der Waals surface area contributed by atoms with E-state index < -0.39 is 0 Å². The lowest BCUT2D eigenvalue weighted by molar-refractivity contribution is 0.0580. The summed E-state index contributed by atoms with van der Waals surface area (Å²) in [6.45, 7) is 15.0. The fourth-order valence-electron chi connectivity index (χ4n) is 3.09. The van der Waals surface area contributed by atoms with Gasteiger partial charge in [-0.05, 0) is 38.3 Å². The van der Waals surface area contributed by atoms with Gasteiger partial charge in [-0.15, -0.1) is 11.3 Å². The van der Waals surface area contributed by atoms with Gasteiger partial charge in [-0.1, -0.05) is 27.2 Å². The van der Waals surface area contributed by atoms with Crippen LogP contribution in [0.2, 0.25) is 0 Å². The number of hydrogen-bond donors (Lipinski definition) is 1. The van der Waals surface area contributed by atoms with Crippen LogP contribution in [0.1, 0.15) is 50.8 Å². The SMILES string of the molecule is CCc1ccc(CN2CC(C)(C)NCC2C(C)CC)s1. The minimum atomic E-state index is 0.231. The lowest BCUT2D eigenvalue weighted by Crippen LogP contribution is -2.62. The summed E-state index contributed by atoms with van der Waals surface area (Å²) in [6, 6.07) is 5.29. The molecule has 1 aromatic heterocycles. The van der Waals surface area contributed by atoms with Crippen LogP contribution in [0.25, 0.3) is 0 Å². The van der Waals surface area contributed by atoms with E-state index in [2.05, 4.69) is 57.0 Å². The minimum Gasteiger partial charge on any atom is -0.309 e. The van der Waals surface area contributed by atoms with E-state index in [4.69, 9.17) is 0 Å². The van der Waals surface area contributed by atoms with Crippen molar-refractivity contribution in [2.45, 2.75) is 65.6 Å². The summed E-state index contributed by atoms with van der Waals surface area (Å²) in [6.07, 6.45) is 2.42. The van der Waals surface area contributed by atoms with Gasteiger partial charge in [0.05, 0.1) is 0 Å². The Morgan fingerprint density at radius 1 is 1.35 bits per heavy atom. The number of piperazine rings is 1. The summed E-state index contributed by atoms with van der Waals surface area (Å²) in [5, 5.41) is 3.72. The fourth-order valence-corrected chi connectivity index (χ4v) is 4.08. The van der Waals surface area contributed by atoms with Crippen molar-refractivity contribution in [2.24, 2.45) is 5.92 Å². The van der Waals surface area contributed by atoms with Crippen molar-refractivity contribution in [3.63, 3.8) is 0 Å². The molecule has 1 fully saturated rings. The Bertz CT molecular complexity index is 424. The van der Waals surface area contributed by atoms with Gasteiger partial charge < -0.3 is 5.32 Å². The van der Waals surface area contributed by atoms with Crippen molar-refractivity contribution in [3.8, 4) is 0 Å². The molecule has 20 heavy (non-hydrogen) atoms. The Hall–Kier alpha value is -0.380. The van der Waals surface area contributed by atoms with Gasteiger partial charge in [-0.25, -0.2) is 0 Å². The molecular weight excluding hydrogens is 264 g/mol. The lowest BCUT2D eigenvalue weighted by Gasteiger charge is -2.46. The second-order valence-electron chi connectivity index (χ2n) is 6.84. The van der Waals surface area contributed by atoms with Crippen molar-refractivity contribution >= 4 is 11.3 Å². The molecule has 2 nitrogen and oxygen atoms in total. The van der Waals surface area contributed by atoms with Gasteiger partial charge in [0.1, 0.15) is 0 Å². The van der Waals surface area contributed by atoms with E-state index in [1.807, 2.05) is 11.3 Å². The summed E-state index contributed by atoms with van der Waals surface area (Å²) >= 11 is 1.99. The number of nitrogens with zero attached hydrogens (tertiary/aromatic N) is 1. The first-order valence-corrected chi connectivity index (χ1v) is 8.83. The van der Waals surface area contributed by atoms with Gasteiger partial charge in [0, 0.05) is 41.0 Å². The van der Waals surface area contributed by atoms with Crippen LogP contribution < -0.4 is 5.32 Å². The average molecular weight is 295 g/mol. The maximum Gasteiger partial charge on any atom is 0.0332 e. The van der Waals surface area contributed by atoms with E-state index in [1.165, 1.54) is 16.2 Å². The van der Waals surface area contributed by atoms with Crippen LogP contribution in [0.15, 0.2) is 12.1 Å². The maximum atomic E-state index is 3.72. The van der Waals surface area contributed by atoms with Crippen LogP contribution in [0.5, 0.6) is 0 Å². The second kappa shape index (κ2) is 6.59. The van der Waals surface area contributed by atoms with Crippen LogP contribution in [-0.4, -0.2) is 29.6 Å². The first kappa shape index (κ1) is 16.0. The molecule has 0 amide bonds. The van der Waals surface area contributed by atoms with Gasteiger partial charge in [0.2, 0.25) is 0 Å². The highest BCUT2D eigenvalue weighted by Gasteiger charge is 2.34. The third-order valence-corrected chi connectivity index (χ3v) is 5.80. The molecule has 1 saturated heterocycles. The molecule has 2 heterocycles. The predicted octanol–water partition coefficient (Wildman–Crippen LogP) is 3.91. The zero-order valence-electron chi connectivity index (χ0n) is 13.7. The fraction of sp³-hybridized carbons (Fsp3) is 0.765. The third kappa shape index (κ3) is 3.84. The van der Waals surface area contributed by atoms with E-state index in [0.717, 1.165) is 32.0 Å². The highest BCUT2D eigenvalue weighted by Crippen LogP contribution is 2.26. The number of thiophene rings is 1. The normalized spacial score (nSPS) is 24.8. The molecule has 2 rings (SSSR count). The molecule has 1 aromatic rings. The Morgan fingerprint density at radius 2 is 2.05 bits per heavy atom. The summed E-state index contributed by atoms with van der Waals surface area (Å²) < 4.78 is 0. The standard InChI is InChI=1S/C17H30N2S/c1-6-13(3)16-10-18-17(4,5)12-19(16)11-15-9-8-14(7-2)20-15/h8-9,13,16,18H,6-7,10-12H2,1-5H3. The van der Waals surface area contributed by atoms with Crippen LogP contribution >= 0.6 is 11.3 Å². The molecule has 1 aliphatic rings. The summed E-state index contributed by atoms with van der Waals surface area (Å²) in [4.78, 5) is 5.73. The van der Waals surface area contributed by atoms with Gasteiger partial charge in [0.15, 0.2) is 0 Å². The molecular formula is C17H30N2S. The topological polar surface area (TPSA) is 15.3 Å². The van der Waals surface area contributed by atoms with Crippen LogP contribution in [0.3, 0.4) is 0 Å². The number of hydrogen-bond acceptors (Lipinski definition) is 3. The van der Waals surface area contributed by atoms with Gasteiger partial charge in [0.25, 0.3) is 0 Å². The summed E-state index contributed by atoms with van der Waals surface area (Å²) in [5.41, 5.74) is 0.231.